The summed E-state index contributed by atoms with van der Waals surface area (Å²) in [5, 5.41) is 3.33. The molecule has 0 radical (unpaired) electrons. The molecule has 1 aliphatic rings. The molecule has 23 heavy (non-hydrogen) atoms. The lowest BCUT2D eigenvalue weighted by atomic mass is 9.97. The molecular weight excluding hydrogens is 324 g/mol. The van der Waals surface area contributed by atoms with Crippen molar-refractivity contribution >= 4 is 17.5 Å². The smallest absolute Gasteiger partial charge is 0.252 e. The van der Waals surface area contributed by atoms with E-state index >= 15 is 0 Å². The molecule has 4 nitrogen and oxygen atoms in total. The first kappa shape index (κ1) is 15.9. The molecule has 120 valence electrons. The molecule has 2 atom stereocenters. The number of nitrogens with one attached hydrogen (secondary N) is 3. The monoisotopic (exact) mass is 337 g/mol. The summed E-state index contributed by atoms with van der Waals surface area (Å²) in [5.41, 5.74) is 6.79. The van der Waals surface area contributed by atoms with E-state index in [4.69, 9.17) is 11.6 Å². The number of halogens is 3. The first-order chi connectivity index (χ1) is 11.0. The lowest BCUT2D eigenvalue weighted by molar-refractivity contribution is 0.0928. The summed E-state index contributed by atoms with van der Waals surface area (Å²) < 4.78 is 26.5. The highest BCUT2D eigenvalue weighted by Crippen LogP contribution is 2.24. The Morgan fingerprint density at radius 1 is 1.17 bits per heavy atom. The number of hydrazine groups is 1. The second kappa shape index (κ2) is 6.62. The van der Waals surface area contributed by atoms with Crippen molar-refractivity contribution in [2.75, 3.05) is 6.54 Å². The summed E-state index contributed by atoms with van der Waals surface area (Å²) in [6.07, 6.45) is -0.424. The van der Waals surface area contributed by atoms with Gasteiger partial charge in [0.05, 0.1) is 0 Å². The van der Waals surface area contributed by atoms with Crippen LogP contribution in [0.25, 0.3) is 0 Å². The second-order valence-corrected chi connectivity index (χ2v) is 5.73. The highest BCUT2D eigenvalue weighted by atomic mass is 35.5. The van der Waals surface area contributed by atoms with Crippen molar-refractivity contribution in [1.29, 1.82) is 0 Å². The second-order valence-electron chi connectivity index (χ2n) is 5.30. The molecule has 2 aromatic carbocycles. The van der Waals surface area contributed by atoms with Gasteiger partial charge in [0.25, 0.3) is 5.91 Å². The van der Waals surface area contributed by atoms with E-state index in [1.165, 1.54) is 0 Å². The maximum absolute atomic E-state index is 13.2. The van der Waals surface area contributed by atoms with Gasteiger partial charge in [-0.25, -0.2) is 14.2 Å². The third kappa shape index (κ3) is 3.67. The number of hydrogen-bond acceptors (Lipinski definition) is 3. The molecular formula is C16H14ClF2N3O. The fourth-order valence-corrected chi connectivity index (χ4v) is 2.79. The Morgan fingerprint density at radius 2 is 1.91 bits per heavy atom. The van der Waals surface area contributed by atoms with Crippen LogP contribution in [0.1, 0.15) is 21.8 Å². The quantitative estimate of drug-likeness (QED) is 0.807. The van der Waals surface area contributed by atoms with Gasteiger partial charge >= 0.3 is 0 Å². The van der Waals surface area contributed by atoms with E-state index in [1.54, 1.807) is 6.07 Å². The van der Waals surface area contributed by atoms with Crippen LogP contribution >= 0.6 is 11.6 Å². The van der Waals surface area contributed by atoms with Gasteiger partial charge in [0.2, 0.25) is 0 Å². The predicted octanol–water partition coefficient (Wildman–Crippen LogP) is 2.57. The summed E-state index contributed by atoms with van der Waals surface area (Å²) >= 11 is 6.00. The zero-order valence-electron chi connectivity index (χ0n) is 11.9. The molecule has 0 aliphatic carbocycles. The lowest BCUT2D eigenvalue weighted by Crippen LogP contribution is -2.46. The van der Waals surface area contributed by atoms with Crippen LogP contribution in [0, 0.1) is 11.6 Å². The van der Waals surface area contributed by atoms with Gasteiger partial charge in [-0.15, -0.1) is 0 Å². The first-order valence-corrected chi connectivity index (χ1v) is 7.41. The van der Waals surface area contributed by atoms with Crippen LogP contribution < -0.4 is 16.2 Å². The molecule has 1 aliphatic heterocycles. The number of amides is 1. The van der Waals surface area contributed by atoms with Gasteiger partial charge in [0.1, 0.15) is 17.8 Å². The first-order valence-electron chi connectivity index (χ1n) is 7.04. The van der Waals surface area contributed by atoms with Crippen LogP contribution in [0.2, 0.25) is 5.02 Å². The molecule has 1 heterocycles. The maximum Gasteiger partial charge on any atom is 0.252 e. The van der Waals surface area contributed by atoms with E-state index in [0.717, 1.165) is 23.8 Å². The SMILES string of the molecule is O=C(NC1NNCC1c1cccc(Cl)c1)c1cc(F)cc(F)c1. The largest absolute Gasteiger partial charge is 0.335 e. The Labute approximate surface area is 136 Å². The molecule has 0 spiro atoms. The Kier molecular flexibility index (Phi) is 4.56. The minimum atomic E-state index is -0.793. The van der Waals surface area contributed by atoms with E-state index < -0.39 is 23.7 Å². The molecule has 0 aromatic heterocycles. The minimum Gasteiger partial charge on any atom is -0.335 e. The molecule has 7 heteroatoms. The van der Waals surface area contributed by atoms with E-state index in [-0.39, 0.29) is 11.5 Å². The molecule has 3 rings (SSSR count). The number of carbonyl (C=O) groups is 1. The molecule has 0 saturated carbocycles. The van der Waals surface area contributed by atoms with Crippen LogP contribution in [0.5, 0.6) is 0 Å². The fraction of sp³-hybridized carbons (Fsp3) is 0.188. The van der Waals surface area contributed by atoms with Gasteiger partial charge in [-0.05, 0) is 29.8 Å². The van der Waals surface area contributed by atoms with Crippen molar-refractivity contribution < 1.29 is 13.6 Å². The van der Waals surface area contributed by atoms with Crippen molar-refractivity contribution in [3.8, 4) is 0 Å². The number of hydrogen-bond donors (Lipinski definition) is 3. The highest BCUT2D eigenvalue weighted by Gasteiger charge is 2.30. The van der Waals surface area contributed by atoms with Crippen molar-refractivity contribution in [1.82, 2.24) is 16.2 Å². The van der Waals surface area contributed by atoms with Crippen LogP contribution in [0.4, 0.5) is 8.78 Å². The summed E-state index contributed by atoms with van der Waals surface area (Å²) in [6.45, 7) is 0.586. The zero-order valence-corrected chi connectivity index (χ0v) is 12.7. The van der Waals surface area contributed by atoms with Crippen LogP contribution in [-0.2, 0) is 0 Å². The van der Waals surface area contributed by atoms with Crippen molar-refractivity contribution in [2.24, 2.45) is 0 Å². The van der Waals surface area contributed by atoms with Gasteiger partial charge in [-0.1, -0.05) is 23.7 Å². The number of rotatable bonds is 3. The third-order valence-electron chi connectivity index (χ3n) is 3.67. The normalized spacial score (nSPS) is 20.5. The summed E-state index contributed by atoms with van der Waals surface area (Å²) in [7, 11) is 0. The van der Waals surface area contributed by atoms with E-state index in [2.05, 4.69) is 16.2 Å². The molecule has 1 saturated heterocycles. The topological polar surface area (TPSA) is 53.2 Å². The Bertz CT molecular complexity index is 721. The van der Waals surface area contributed by atoms with Crippen LogP contribution in [0.3, 0.4) is 0 Å². The predicted molar refractivity (Wildman–Crippen MR) is 82.9 cm³/mol. The molecule has 1 fully saturated rings. The van der Waals surface area contributed by atoms with Gasteiger partial charge in [-0.2, -0.15) is 0 Å². The van der Waals surface area contributed by atoms with Gasteiger partial charge in [0.15, 0.2) is 0 Å². The van der Waals surface area contributed by atoms with Crippen molar-refractivity contribution in [2.45, 2.75) is 12.1 Å². The molecule has 2 aromatic rings. The average Bonchev–Trinajstić information content (AvgIpc) is 2.94. The third-order valence-corrected chi connectivity index (χ3v) is 3.91. The number of benzene rings is 2. The van der Waals surface area contributed by atoms with Crippen LogP contribution in [0.15, 0.2) is 42.5 Å². The number of carbonyl (C=O) groups excluding carboxylic acids is 1. The summed E-state index contributed by atoms with van der Waals surface area (Å²) in [4.78, 5) is 12.2. The Balaban J connectivity index is 1.77. The fourth-order valence-electron chi connectivity index (χ4n) is 2.59. The van der Waals surface area contributed by atoms with Gasteiger partial charge in [0, 0.05) is 29.1 Å². The van der Waals surface area contributed by atoms with E-state index in [1.807, 2.05) is 18.2 Å². The molecule has 1 amide bonds. The standard InChI is InChI=1S/C16H14ClF2N3O/c17-11-3-1-2-9(4-11)14-8-20-22-15(14)21-16(23)10-5-12(18)7-13(19)6-10/h1-7,14-15,20,22H,8H2,(H,21,23). The Hall–Kier alpha value is -2.02. The molecule has 3 N–H and O–H groups in total. The van der Waals surface area contributed by atoms with Crippen LogP contribution in [-0.4, -0.2) is 18.6 Å². The van der Waals surface area contributed by atoms with Crippen molar-refractivity contribution in [3.63, 3.8) is 0 Å². The van der Waals surface area contributed by atoms with Gasteiger partial charge in [-0.3, -0.25) is 10.2 Å². The summed E-state index contributed by atoms with van der Waals surface area (Å²) in [5.74, 6) is -2.20. The summed E-state index contributed by atoms with van der Waals surface area (Å²) in [6, 6.07) is 10.0. The minimum absolute atomic E-state index is 0.0592. The molecule has 0 bridgehead atoms. The zero-order chi connectivity index (χ0) is 16.4. The van der Waals surface area contributed by atoms with Gasteiger partial charge < -0.3 is 5.32 Å². The van der Waals surface area contributed by atoms with Crippen molar-refractivity contribution in [3.05, 3.63) is 70.2 Å². The lowest BCUT2D eigenvalue weighted by Gasteiger charge is -2.20. The van der Waals surface area contributed by atoms with E-state index in [9.17, 15) is 13.6 Å². The maximum atomic E-state index is 13.2. The highest BCUT2D eigenvalue weighted by molar-refractivity contribution is 6.30. The van der Waals surface area contributed by atoms with E-state index in [0.29, 0.717) is 11.6 Å². The Morgan fingerprint density at radius 3 is 2.61 bits per heavy atom. The molecule has 2 unspecified atom stereocenters. The average molecular weight is 338 g/mol.